The van der Waals surface area contributed by atoms with Crippen molar-refractivity contribution in [1.82, 2.24) is 25.5 Å². The van der Waals surface area contributed by atoms with Gasteiger partial charge in [-0.1, -0.05) is 30.3 Å². The minimum Gasteiger partial charge on any atom is -0.348 e. The van der Waals surface area contributed by atoms with Crippen molar-refractivity contribution >= 4 is 11.8 Å². The van der Waals surface area contributed by atoms with E-state index in [0.717, 1.165) is 44.3 Å². The van der Waals surface area contributed by atoms with Gasteiger partial charge < -0.3 is 20.5 Å². The summed E-state index contributed by atoms with van der Waals surface area (Å²) < 4.78 is 0. The number of amides is 2. The summed E-state index contributed by atoms with van der Waals surface area (Å²) in [5.74, 6) is -0.0628. The van der Waals surface area contributed by atoms with Crippen LogP contribution in [0.15, 0.2) is 36.7 Å². The van der Waals surface area contributed by atoms with Crippen LogP contribution in [0.5, 0.6) is 0 Å². The van der Waals surface area contributed by atoms with Crippen LogP contribution in [0.1, 0.15) is 42.6 Å². The first kappa shape index (κ1) is 19.6. The molecule has 7 nitrogen and oxygen atoms in total. The highest BCUT2D eigenvalue weighted by Crippen LogP contribution is 2.35. The SMILES string of the molecule is O=C(CCCc1ccccc1)NCC(=O)N1CCC2(CC1)NCCc1[nH]cnc12. The van der Waals surface area contributed by atoms with Crippen LogP contribution in [0.4, 0.5) is 0 Å². The van der Waals surface area contributed by atoms with E-state index in [0.29, 0.717) is 19.5 Å². The molecule has 0 radical (unpaired) electrons. The number of carbonyl (C=O) groups is 2. The Labute approximate surface area is 171 Å². The van der Waals surface area contributed by atoms with Gasteiger partial charge in [-0.2, -0.15) is 0 Å². The fraction of sp³-hybridized carbons (Fsp3) is 0.500. The molecule has 2 amide bonds. The number of hydrogen-bond donors (Lipinski definition) is 3. The summed E-state index contributed by atoms with van der Waals surface area (Å²) in [7, 11) is 0. The highest BCUT2D eigenvalue weighted by atomic mass is 16.2. The molecular formula is C22H29N5O2. The average Bonchev–Trinajstić information content (AvgIpc) is 3.24. The Morgan fingerprint density at radius 2 is 1.97 bits per heavy atom. The molecule has 0 bridgehead atoms. The highest BCUT2D eigenvalue weighted by molar-refractivity contribution is 5.84. The molecule has 0 saturated carbocycles. The van der Waals surface area contributed by atoms with Crippen molar-refractivity contribution < 1.29 is 9.59 Å². The van der Waals surface area contributed by atoms with Gasteiger partial charge in [-0.05, 0) is 31.2 Å². The number of aromatic amines is 1. The minimum atomic E-state index is -0.120. The number of hydrogen-bond acceptors (Lipinski definition) is 4. The van der Waals surface area contributed by atoms with E-state index in [2.05, 4.69) is 32.7 Å². The predicted molar refractivity (Wildman–Crippen MR) is 110 cm³/mol. The second-order valence-corrected chi connectivity index (χ2v) is 7.99. The van der Waals surface area contributed by atoms with Crippen molar-refractivity contribution in [1.29, 1.82) is 0 Å². The van der Waals surface area contributed by atoms with Crippen molar-refractivity contribution in [3.63, 3.8) is 0 Å². The molecule has 3 N–H and O–H groups in total. The lowest BCUT2D eigenvalue weighted by molar-refractivity contribution is -0.134. The van der Waals surface area contributed by atoms with E-state index in [1.807, 2.05) is 23.1 Å². The standard InChI is InChI=1S/C22H29N5O2/c28-19(8-4-7-17-5-2-1-3-6-17)23-15-20(29)27-13-10-22(11-14-27)21-18(9-12-26-22)24-16-25-21/h1-3,5-6,16,26H,4,7-15H2,(H,23,28)(H,24,25). The zero-order valence-corrected chi connectivity index (χ0v) is 16.7. The summed E-state index contributed by atoms with van der Waals surface area (Å²) >= 11 is 0. The van der Waals surface area contributed by atoms with Gasteiger partial charge in [0.05, 0.1) is 24.1 Å². The zero-order chi connectivity index (χ0) is 20.1. The van der Waals surface area contributed by atoms with Crippen LogP contribution >= 0.6 is 0 Å². The minimum absolute atomic E-state index is 0.00526. The Kier molecular flexibility index (Phi) is 5.94. The molecule has 3 heterocycles. The summed E-state index contributed by atoms with van der Waals surface area (Å²) in [4.78, 5) is 34.2. The fourth-order valence-corrected chi connectivity index (χ4v) is 4.46. The quantitative estimate of drug-likeness (QED) is 0.692. The number of likely N-dealkylation sites (tertiary alicyclic amines) is 1. The largest absolute Gasteiger partial charge is 0.348 e. The lowest BCUT2D eigenvalue weighted by Gasteiger charge is -2.44. The Balaban J connectivity index is 1.19. The lowest BCUT2D eigenvalue weighted by Crippen LogP contribution is -2.56. The number of rotatable bonds is 6. The number of aromatic nitrogens is 2. The number of H-pyrrole nitrogens is 1. The topological polar surface area (TPSA) is 90.1 Å². The lowest BCUT2D eigenvalue weighted by atomic mass is 9.80. The Morgan fingerprint density at radius 3 is 2.76 bits per heavy atom. The number of piperidine rings is 1. The van der Waals surface area contributed by atoms with Gasteiger partial charge in [-0.15, -0.1) is 0 Å². The molecular weight excluding hydrogens is 366 g/mol. The van der Waals surface area contributed by atoms with E-state index in [9.17, 15) is 9.59 Å². The number of fused-ring (bicyclic) bond motifs is 2. The van der Waals surface area contributed by atoms with Crippen molar-refractivity contribution in [2.24, 2.45) is 0 Å². The van der Waals surface area contributed by atoms with E-state index < -0.39 is 0 Å². The predicted octanol–water partition coefficient (Wildman–Crippen LogP) is 1.51. The van der Waals surface area contributed by atoms with Gasteiger partial charge in [0.15, 0.2) is 0 Å². The number of aryl methyl sites for hydroxylation is 1. The van der Waals surface area contributed by atoms with Crippen molar-refractivity contribution in [3.05, 3.63) is 53.6 Å². The molecule has 154 valence electrons. The molecule has 4 rings (SSSR count). The third kappa shape index (κ3) is 4.50. The third-order valence-electron chi connectivity index (χ3n) is 6.13. The third-order valence-corrected chi connectivity index (χ3v) is 6.13. The normalized spacial score (nSPS) is 17.7. The Bertz CT molecular complexity index is 840. The summed E-state index contributed by atoms with van der Waals surface area (Å²) in [6.45, 7) is 2.38. The molecule has 1 fully saturated rings. The maximum atomic E-state index is 12.5. The molecule has 0 atom stereocenters. The maximum absolute atomic E-state index is 12.5. The first-order chi connectivity index (χ1) is 14.2. The molecule has 2 aliphatic heterocycles. The molecule has 1 aromatic carbocycles. The fourth-order valence-electron chi connectivity index (χ4n) is 4.46. The number of nitrogens with one attached hydrogen (secondary N) is 3. The van der Waals surface area contributed by atoms with Gasteiger partial charge >= 0.3 is 0 Å². The highest BCUT2D eigenvalue weighted by Gasteiger charge is 2.41. The van der Waals surface area contributed by atoms with Crippen LogP contribution < -0.4 is 10.6 Å². The number of imidazole rings is 1. The van der Waals surface area contributed by atoms with Crippen LogP contribution in [-0.2, 0) is 28.0 Å². The van der Waals surface area contributed by atoms with Gasteiger partial charge in [0, 0.05) is 38.2 Å². The van der Waals surface area contributed by atoms with E-state index in [4.69, 9.17) is 0 Å². The van der Waals surface area contributed by atoms with Crippen molar-refractivity contribution in [2.75, 3.05) is 26.2 Å². The van der Waals surface area contributed by atoms with Crippen LogP contribution in [0, 0.1) is 0 Å². The molecule has 0 aliphatic carbocycles. The maximum Gasteiger partial charge on any atom is 0.241 e. The molecule has 7 heteroatoms. The monoisotopic (exact) mass is 395 g/mol. The molecule has 1 spiro atoms. The van der Waals surface area contributed by atoms with Gasteiger partial charge in [-0.3, -0.25) is 9.59 Å². The molecule has 2 aromatic rings. The first-order valence-corrected chi connectivity index (χ1v) is 10.5. The number of nitrogens with zero attached hydrogens (tertiary/aromatic N) is 2. The van der Waals surface area contributed by atoms with Crippen molar-refractivity contribution in [2.45, 2.75) is 44.1 Å². The first-order valence-electron chi connectivity index (χ1n) is 10.5. The average molecular weight is 396 g/mol. The van der Waals surface area contributed by atoms with Gasteiger partial charge in [0.1, 0.15) is 0 Å². The summed E-state index contributed by atoms with van der Waals surface area (Å²) in [6.07, 6.45) is 6.53. The van der Waals surface area contributed by atoms with Crippen LogP contribution in [-0.4, -0.2) is 52.9 Å². The van der Waals surface area contributed by atoms with Crippen LogP contribution in [0.2, 0.25) is 0 Å². The van der Waals surface area contributed by atoms with E-state index in [-0.39, 0.29) is 23.9 Å². The molecule has 0 unspecified atom stereocenters. The van der Waals surface area contributed by atoms with Crippen LogP contribution in [0.25, 0.3) is 0 Å². The molecule has 29 heavy (non-hydrogen) atoms. The van der Waals surface area contributed by atoms with E-state index in [1.165, 1.54) is 11.3 Å². The van der Waals surface area contributed by atoms with Crippen LogP contribution in [0.3, 0.4) is 0 Å². The Hall–Kier alpha value is -2.67. The van der Waals surface area contributed by atoms with Gasteiger partial charge in [0.25, 0.3) is 0 Å². The summed E-state index contributed by atoms with van der Waals surface area (Å²) in [5.41, 5.74) is 3.44. The summed E-state index contributed by atoms with van der Waals surface area (Å²) in [5, 5.41) is 6.42. The second-order valence-electron chi connectivity index (χ2n) is 7.99. The zero-order valence-electron chi connectivity index (χ0n) is 16.7. The van der Waals surface area contributed by atoms with Gasteiger partial charge in [-0.25, -0.2) is 4.98 Å². The molecule has 1 saturated heterocycles. The molecule has 1 aromatic heterocycles. The second kappa shape index (κ2) is 8.78. The van der Waals surface area contributed by atoms with E-state index in [1.54, 1.807) is 6.33 Å². The smallest absolute Gasteiger partial charge is 0.241 e. The Morgan fingerprint density at radius 1 is 1.17 bits per heavy atom. The molecule has 2 aliphatic rings. The summed E-state index contributed by atoms with van der Waals surface area (Å²) in [6, 6.07) is 10.1. The van der Waals surface area contributed by atoms with Gasteiger partial charge in [0.2, 0.25) is 11.8 Å². The van der Waals surface area contributed by atoms with E-state index >= 15 is 0 Å². The van der Waals surface area contributed by atoms with Crippen molar-refractivity contribution in [3.8, 4) is 0 Å². The number of benzene rings is 1. The number of carbonyl (C=O) groups excluding carboxylic acids is 2.